The summed E-state index contributed by atoms with van der Waals surface area (Å²) in [5.74, 6) is 0. The molecule has 0 aromatic heterocycles. The van der Waals surface area contributed by atoms with Crippen LogP contribution in [0, 0.1) is 0 Å². The maximum atomic E-state index is 11.9. The minimum atomic E-state index is -4.26. The molecule has 0 spiro atoms. The van der Waals surface area contributed by atoms with E-state index in [0.717, 1.165) is 30.4 Å². The molecule has 0 fully saturated rings. The Bertz CT molecular complexity index is 875. The lowest BCUT2D eigenvalue weighted by molar-refractivity contribution is 0.483. The molecular weight excluding hydrogens is 428 g/mol. The fourth-order valence-electron chi connectivity index (χ4n) is 4.62. The van der Waals surface area contributed by atoms with Gasteiger partial charge in [-0.1, -0.05) is 139 Å². The van der Waals surface area contributed by atoms with Crippen molar-refractivity contribution in [3.8, 4) is 11.1 Å². The highest BCUT2D eigenvalue weighted by Crippen LogP contribution is 2.32. The third-order valence-electron chi connectivity index (χ3n) is 6.50. The van der Waals surface area contributed by atoms with Crippen LogP contribution in [-0.2, 0) is 16.5 Å². The normalized spacial score (nSPS) is 11.7. The molecule has 184 valence electrons. The molecule has 0 aliphatic heterocycles. The van der Waals surface area contributed by atoms with Gasteiger partial charge in [0.05, 0.1) is 0 Å². The number of aryl methyl sites for hydroxylation is 1. The summed E-state index contributed by atoms with van der Waals surface area (Å²) in [7, 11) is -4.26. The highest BCUT2D eigenvalue weighted by Gasteiger charge is 2.19. The van der Waals surface area contributed by atoms with Crippen LogP contribution in [0.15, 0.2) is 53.4 Å². The Hall–Kier alpha value is -1.65. The predicted octanol–water partition coefficient (Wildman–Crippen LogP) is 9.01. The number of benzene rings is 2. The fourth-order valence-corrected chi connectivity index (χ4v) is 5.38. The molecule has 4 heteroatoms. The molecule has 2 aromatic carbocycles. The molecule has 0 atom stereocenters. The molecule has 0 heterocycles. The quantitative estimate of drug-likeness (QED) is 0.174. The van der Waals surface area contributed by atoms with Crippen molar-refractivity contribution in [2.45, 2.75) is 115 Å². The zero-order valence-corrected chi connectivity index (χ0v) is 21.4. The van der Waals surface area contributed by atoms with E-state index < -0.39 is 10.1 Å². The summed E-state index contributed by atoms with van der Waals surface area (Å²) in [5.41, 5.74) is 2.47. The first-order chi connectivity index (χ1) is 16.0. The third-order valence-corrected chi connectivity index (χ3v) is 7.40. The molecule has 0 radical (unpaired) electrons. The molecule has 2 aromatic rings. The highest BCUT2D eigenvalue weighted by atomic mass is 32.2. The van der Waals surface area contributed by atoms with Crippen molar-refractivity contribution in [3.63, 3.8) is 0 Å². The zero-order chi connectivity index (χ0) is 23.8. The second-order valence-corrected chi connectivity index (χ2v) is 10.7. The summed E-state index contributed by atoms with van der Waals surface area (Å²) in [4.78, 5) is 0.00663. The summed E-state index contributed by atoms with van der Waals surface area (Å²) < 4.78 is 33.6. The van der Waals surface area contributed by atoms with Crippen LogP contribution in [0.3, 0.4) is 0 Å². The van der Waals surface area contributed by atoms with E-state index in [2.05, 4.69) is 6.92 Å². The molecular formula is C29H44O3S. The molecule has 0 aliphatic carbocycles. The Balaban J connectivity index is 1.65. The van der Waals surface area contributed by atoms with Crippen molar-refractivity contribution in [1.82, 2.24) is 0 Å². The SMILES string of the molecule is CCCCCCCCCCCCCCCCCc1cccc(S(=O)(=O)O)c1-c1ccccc1. The molecule has 0 aliphatic rings. The van der Waals surface area contributed by atoms with Crippen LogP contribution >= 0.6 is 0 Å². The lowest BCUT2D eigenvalue weighted by atomic mass is 9.95. The first-order valence-electron chi connectivity index (χ1n) is 13.2. The first kappa shape index (κ1) is 27.6. The number of hydrogen-bond acceptors (Lipinski definition) is 2. The molecule has 2 rings (SSSR count). The van der Waals surface area contributed by atoms with E-state index in [-0.39, 0.29) is 4.90 Å². The summed E-state index contributed by atoms with van der Waals surface area (Å²) >= 11 is 0. The molecule has 0 unspecified atom stereocenters. The minimum absolute atomic E-state index is 0.00663. The van der Waals surface area contributed by atoms with Crippen molar-refractivity contribution >= 4 is 10.1 Å². The predicted molar refractivity (Wildman–Crippen MR) is 140 cm³/mol. The molecule has 0 amide bonds. The minimum Gasteiger partial charge on any atom is -0.282 e. The van der Waals surface area contributed by atoms with Crippen molar-refractivity contribution < 1.29 is 13.0 Å². The lowest BCUT2D eigenvalue weighted by Crippen LogP contribution is -2.03. The molecule has 33 heavy (non-hydrogen) atoms. The lowest BCUT2D eigenvalue weighted by Gasteiger charge is -2.14. The number of unbranched alkanes of at least 4 members (excludes halogenated alkanes) is 14. The Morgan fingerprint density at radius 1 is 0.606 bits per heavy atom. The Morgan fingerprint density at radius 2 is 1.09 bits per heavy atom. The van der Waals surface area contributed by atoms with Crippen molar-refractivity contribution in [2.24, 2.45) is 0 Å². The van der Waals surface area contributed by atoms with Gasteiger partial charge in [0.1, 0.15) is 4.90 Å². The zero-order valence-electron chi connectivity index (χ0n) is 20.6. The summed E-state index contributed by atoms with van der Waals surface area (Å²) in [6.07, 6.45) is 20.7. The first-order valence-corrected chi connectivity index (χ1v) is 14.6. The van der Waals surface area contributed by atoms with Gasteiger partial charge in [-0.05, 0) is 30.0 Å². The Labute approximate surface area is 202 Å². The highest BCUT2D eigenvalue weighted by molar-refractivity contribution is 7.86. The Morgan fingerprint density at radius 3 is 1.58 bits per heavy atom. The van der Waals surface area contributed by atoms with E-state index in [0.29, 0.717) is 5.56 Å². The second kappa shape index (κ2) is 16.1. The van der Waals surface area contributed by atoms with Gasteiger partial charge in [0.15, 0.2) is 0 Å². The van der Waals surface area contributed by atoms with Crippen LogP contribution in [0.5, 0.6) is 0 Å². The smallest absolute Gasteiger partial charge is 0.282 e. The van der Waals surface area contributed by atoms with Crippen LogP contribution in [0.4, 0.5) is 0 Å². The van der Waals surface area contributed by atoms with E-state index in [1.165, 1.54) is 89.5 Å². The van der Waals surface area contributed by atoms with Crippen molar-refractivity contribution in [3.05, 3.63) is 54.1 Å². The summed E-state index contributed by atoms with van der Waals surface area (Å²) in [5, 5.41) is 0. The average molecular weight is 473 g/mol. The van der Waals surface area contributed by atoms with E-state index in [4.69, 9.17) is 0 Å². The average Bonchev–Trinajstić information content (AvgIpc) is 2.81. The van der Waals surface area contributed by atoms with Gasteiger partial charge in [-0.25, -0.2) is 0 Å². The number of rotatable bonds is 18. The number of hydrogen-bond donors (Lipinski definition) is 1. The molecule has 0 saturated heterocycles. The van der Waals surface area contributed by atoms with Crippen LogP contribution < -0.4 is 0 Å². The van der Waals surface area contributed by atoms with Crippen LogP contribution in [-0.4, -0.2) is 13.0 Å². The van der Waals surface area contributed by atoms with Crippen molar-refractivity contribution in [2.75, 3.05) is 0 Å². The maximum Gasteiger partial charge on any atom is 0.295 e. The van der Waals surface area contributed by atoms with Crippen LogP contribution in [0.2, 0.25) is 0 Å². The standard InChI is InChI=1S/C29H44O3S/c1-2-3-4-5-6-7-8-9-10-11-12-13-14-15-17-21-27-24-20-25-28(33(30,31)32)29(27)26-22-18-16-19-23-26/h16,18-20,22-25H,2-15,17,21H2,1H3,(H,30,31,32). The van der Waals surface area contributed by atoms with Crippen LogP contribution in [0.25, 0.3) is 11.1 Å². The molecule has 0 bridgehead atoms. The van der Waals surface area contributed by atoms with Crippen LogP contribution in [0.1, 0.15) is 109 Å². The monoisotopic (exact) mass is 472 g/mol. The Kier molecular flexibility index (Phi) is 13.4. The third kappa shape index (κ3) is 10.9. The van der Waals surface area contributed by atoms with Crippen molar-refractivity contribution in [1.29, 1.82) is 0 Å². The van der Waals surface area contributed by atoms with E-state index in [1.54, 1.807) is 6.07 Å². The molecule has 1 N–H and O–H groups in total. The second-order valence-electron chi connectivity index (χ2n) is 9.33. The fraction of sp³-hybridized carbons (Fsp3) is 0.586. The van der Waals surface area contributed by atoms with Gasteiger partial charge in [0, 0.05) is 5.56 Å². The largest absolute Gasteiger partial charge is 0.295 e. The van der Waals surface area contributed by atoms with E-state index >= 15 is 0 Å². The maximum absolute atomic E-state index is 11.9. The van der Waals surface area contributed by atoms with Gasteiger partial charge in [0.25, 0.3) is 10.1 Å². The van der Waals surface area contributed by atoms with Gasteiger partial charge in [-0.2, -0.15) is 8.42 Å². The van der Waals surface area contributed by atoms with Gasteiger partial charge in [-0.15, -0.1) is 0 Å². The summed E-state index contributed by atoms with van der Waals surface area (Å²) in [6.45, 7) is 2.27. The summed E-state index contributed by atoms with van der Waals surface area (Å²) in [6, 6.07) is 14.7. The topological polar surface area (TPSA) is 54.4 Å². The van der Waals surface area contributed by atoms with E-state index in [9.17, 15) is 13.0 Å². The van der Waals surface area contributed by atoms with Gasteiger partial charge in [0.2, 0.25) is 0 Å². The molecule has 0 saturated carbocycles. The molecule has 3 nitrogen and oxygen atoms in total. The van der Waals surface area contributed by atoms with Gasteiger partial charge in [-0.3, -0.25) is 4.55 Å². The van der Waals surface area contributed by atoms with E-state index in [1.807, 2.05) is 36.4 Å². The van der Waals surface area contributed by atoms with Gasteiger partial charge >= 0.3 is 0 Å². The van der Waals surface area contributed by atoms with Gasteiger partial charge < -0.3 is 0 Å².